The number of likely N-dealkylation sites (tertiary alicyclic amines) is 1. The van der Waals surface area contributed by atoms with Crippen molar-refractivity contribution in [2.75, 3.05) is 39.3 Å². The van der Waals surface area contributed by atoms with Gasteiger partial charge in [-0.2, -0.15) is 0 Å². The fraction of sp³-hybridized carbons (Fsp3) is 0.600. The Morgan fingerprint density at radius 1 is 1.15 bits per heavy atom. The molecule has 0 aliphatic carbocycles. The van der Waals surface area contributed by atoms with E-state index in [1.54, 1.807) is 4.90 Å². The Kier molecular flexibility index (Phi) is 8.41. The first-order valence-electron chi connectivity index (χ1n) is 9.70. The van der Waals surface area contributed by atoms with Gasteiger partial charge >= 0.3 is 6.03 Å². The van der Waals surface area contributed by atoms with Crippen molar-refractivity contribution in [3.8, 4) is 0 Å². The zero-order valence-electron chi connectivity index (χ0n) is 16.0. The second-order valence-corrected chi connectivity index (χ2v) is 6.77. The molecule has 1 fully saturated rings. The van der Waals surface area contributed by atoms with Crippen LogP contribution in [-0.2, 0) is 11.2 Å². The standard InChI is InChI=1S/C20H32N4O2/c1-3-21-19(25)16-24(4-2)20(26)22-18-11-14-23(15-12-18)13-10-17-8-6-5-7-9-17/h5-9,18H,3-4,10-16H2,1-2H3,(H,21,25)(H,22,26). The van der Waals surface area contributed by atoms with E-state index in [-0.39, 0.29) is 24.5 Å². The molecule has 1 aliphatic heterocycles. The molecule has 2 N–H and O–H groups in total. The molecule has 0 spiro atoms. The van der Waals surface area contributed by atoms with E-state index in [1.807, 2.05) is 19.9 Å². The molecule has 1 saturated heterocycles. The van der Waals surface area contributed by atoms with Crippen LogP contribution in [0.25, 0.3) is 0 Å². The van der Waals surface area contributed by atoms with Crippen LogP contribution in [0.4, 0.5) is 4.79 Å². The molecule has 3 amide bonds. The third kappa shape index (κ3) is 6.67. The van der Waals surface area contributed by atoms with Gasteiger partial charge in [-0.1, -0.05) is 30.3 Å². The predicted molar refractivity (Wildman–Crippen MR) is 104 cm³/mol. The minimum Gasteiger partial charge on any atom is -0.355 e. The molecule has 6 nitrogen and oxygen atoms in total. The zero-order chi connectivity index (χ0) is 18.8. The monoisotopic (exact) mass is 360 g/mol. The van der Waals surface area contributed by atoms with Gasteiger partial charge in [-0.05, 0) is 38.7 Å². The minimum absolute atomic E-state index is 0.111. The molecule has 1 aromatic rings. The molecule has 144 valence electrons. The van der Waals surface area contributed by atoms with E-state index in [1.165, 1.54) is 5.56 Å². The number of amides is 3. The number of nitrogens with one attached hydrogen (secondary N) is 2. The summed E-state index contributed by atoms with van der Waals surface area (Å²) in [5, 5.41) is 5.83. The lowest BCUT2D eigenvalue weighted by Gasteiger charge is -2.33. The van der Waals surface area contributed by atoms with Crippen molar-refractivity contribution in [1.82, 2.24) is 20.4 Å². The fourth-order valence-electron chi connectivity index (χ4n) is 3.25. The zero-order valence-corrected chi connectivity index (χ0v) is 16.0. The molecule has 2 rings (SSSR count). The quantitative estimate of drug-likeness (QED) is 0.744. The number of carbonyl (C=O) groups is 2. The SMILES string of the molecule is CCNC(=O)CN(CC)C(=O)NC1CCN(CCc2ccccc2)CC1. The minimum atomic E-state index is -0.138. The highest BCUT2D eigenvalue weighted by molar-refractivity contribution is 5.84. The van der Waals surface area contributed by atoms with Gasteiger partial charge < -0.3 is 20.4 Å². The number of likely N-dealkylation sites (N-methyl/N-ethyl adjacent to an activating group) is 2. The Balaban J connectivity index is 1.70. The summed E-state index contributed by atoms with van der Waals surface area (Å²) in [5.41, 5.74) is 1.37. The number of carbonyl (C=O) groups excluding carboxylic acids is 2. The van der Waals surface area contributed by atoms with Crippen LogP contribution in [0.2, 0.25) is 0 Å². The summed E-state index contributed by atoms with van der Waals surface area (Å²) in [6.07, 6.45) is 2.98. The van der Waals surface area contributed by atoms with E-state index in [0.29, 0.717) is 13.1 Å². The lowest BCUT2D eigenvalue weighted by atomic mass is 10.0. The molecule has 1 heterocycles. The van der Waals surface area contributed by atoms with E-state index < -0.39 is 0 Å². The van der Waals surface area contributed by atoms with E-state index in [4.69, 9.17) is 0 Å². The van der Waals surface area contributed by atoms with Crippen molar-refractivity contribution in [3.05, 3.63) is 35.9 Å². The average Bonchev–Trinajstić information content (AvgIpc) is 2.66. The van der Waals surface area contributed by atoms with Gasteiger partial charge in [-0.15, -0.1) is 0 Å². The van der Waals surface area contributed by atoms with Crippen LogP contribution in [0.5, 0.6) is 0 Å². The maximum Gasteiger partial charge on any atom is 0.318 e. The van der Waals surface area contributed by atoms with E-state index in [2.05, 4.69) is 39.8 Å². The second kappa shape index (κ2) is 10.8. The van der Waals surface area contributed by atoms with Gasteiger partial charge in [-0.3, -0.25) is 4.79 Å². The molecule has 0 bridgehead atoms. The Morgan fingerprint density at radius 2 is 1.85 bits per heavy atom. The van der Waals surface area contributed by atoms with Crippen LogP contribution >= 0.6 is 0 Å². The van der Waals surface area contributed by atoms with E-state index >= 15 is 0 Å². The predicted octanol–water partition coefficient (Wildman–Crippen LogP) is 1.86. The Labute approximate surface area is 156 Å². The number of piperidine rings is 1. The maximum atomic E-state index is 12.4. The van der Waals surface area contributed by atoms with Crippen LogP contribution in [-0.4, -0.2) is 67.0 Å². The lowest BCUT2D eigenvalue weighted by molar-refractivity contribution is -0.121. The lowest BCUT2D eigenvalue weighted by Crippen LogP contribution is -2.51. The molecule has 0 unspecified atom stereocenters. The summed E-state index contributed by atoms with van der Waals surface area (Å²) in [5.74, 6) is -0.111. The van der Waals surface area contributed by atoms with Crippen molar-refractivity contribution >= 4 is 11.9 Å². The van der Waals surface area contributed by atoms with Crippen LogP contribution < -0.4 is 10.6 Å². The molecule has 0 saturated carbocycles. The normalized spacial score (nSPS) is 15.5. The summed E-state index contributed by atoms with van der Waals surface area (Å²) in [4.78, 5) is 28.1. The van der Waals surface area contributed by atoms with Gasteiger partial charge in [0.15, 0.2) is 0 Å². The van der Waals surface area contributed by atoms with Crippen molar-refractivity contribution < 1.29 is 9.59 Å². The van der Waals surface area contributed by atoms with Crippen molar-refractivity contribution in [2.24, 2.45) is 0 Å². The van der Waals surface area contributed by atoms with Crippen LogP contribution in [0, 0.1) is 0 Å². The summed E-state index contributed by atoms with van der Waals surface area (Å²) < 4.78 is 0. The number of benzene rings is 1. The maximum absolute atomic E-state index is 12.4. The van der Waals surface area contributed by atoms with Gasteiger partial charge in [-0.25, -0.2) is 4.79 Å². The molecular weight excluding hydrogens is 328 g/mol. The molecule has 0 radical (unpaired) electrons. The highest BCUT2D eigenvalue weighted by Gasteiger charge is 2.23. The molecule has 1 aromatic carbocycles. The number of nitrogens with zero attached hydrogens (tertiary/aromatic N) is 2. The molecular formula is C20H32N4O2. The van der Waals surface area contributed by atoms with E-state index in [9.17, 15) is 9.59 Å². The number of urea groups is 1. The van der Waals surface area contributed by atoms with Crippen LogP contribution in [0.1, 0.15) is 32.3 Å². The fourth-order valence-corrected chi connectivity index (χ4v) is 3.25. The first-order valence-corrected chi connectivity index (χ1v) is 9.70. The van der Waals surface area contributed by atoms with Gasteiger partial charge in [0.05, 0.1) is 0 Å². The third-order valence-corrected chi connectivity index (χ3v) is 4.85. The number of hydrogen-bond donors (Lipinski definition) is 2. The highest BCUT2D eigenvalue weighted by atomic mass is 16.2. The first-order chi connectivity index (χ1) is 12.6. The van der Waals surface area contributed by atoms with Gasteiger partial charge in [0, 0.05) is 38.8 Å². The first kappa shape index (κ1) is 20.2. The smallest absolute Gasteiger partial charge is 0.318 e. The summed E-state index contributed by atoms with van der Waals surface area (Å²) in [6.45, 7) is 8.05. The van der Waals surface area contributed by atoms with Gasteiger partial charge in [0.2, 0.25) is 5.91 Å². The molecule has 26 heavy (non-hydrogen) atoms. The highest BCUT2D eigenvalue weighted by Crippen LogP contribution is 2.12. The van der Waals surface area contributed by atoms with Crippen molar-refractivity contribution in [3.63, 3.8) is 0 Å². The number of hydrogen-bond acceptors (Lipinski definition) is 3. The summed E-state index contributed by atoms with van der Waals surface area (Å²) in [6, 6.07) is 10.6. The van der Waals surface area contributed by atoms with Gasteiger partial charge in [0.1, 0.15) is 6.54 Å². The van der Waals surface area contributed by atoms with E-state index in [0.717, 1.165) is 38.9 Å². The summed E-state index contributed by atoms with van der Waals surface area (Å²) in [7, 11) is 0. The third-order valence-electron chi connectivity index (χ3n) is 4.85. The summed E-state index contributed by atoms with van der Waals surface area (Å²) >= 11 is 0. The van der Waals surface area contributed by atoms with Crippen LogP contribution in [0.3, 0.4) is 0 Å². The van der Waals surface area contributed by atoms with Crippen molar-refractivity contribution in [2.45, 2.75) is 39.2 Å². The van der Waals surface area contributed by atoms with Crippen molar-refractivity contribution in [1.29, 1.82) is 0 Å². The average molecular weight is 361 g/mol. The molecule has 0 aromatic heterocycles. The van der Waals surface area contributed by atoms with Crippen LogP contribution in [0.15, 0.2) is 30.3 Å². The second-order valence-electron chi connectivity index (χ2n) is 6.77. The topological polar surface area (TPSA) is 64.7 Å². The Hall–Kier alpha value is -2.08. The molecule has 6 heteroatoms. The molecule has 0 atom stereocenters. The largest absolute Gasteiger partial charge is 0.355 e. The van der Waals surface area contributed by atoms with Gasteiger partial charge in [0.25, 0.3) is 0 Å². The molecule has 1 aliphatic rings. The number of rotatable bonds is 8. The Morgan fingerprint density at radius 3 is 2.46 bits per heavy atom. The Bertz CT molecular complexity index is 556.